The predicted molar refractivity (Wildman–Crippen MR) is 79.4 cm³/mol. The number of benzene rings is 1. The molecule has 1 rings (SSSR count). The second kappa shape index (κ2) is 7.24. The fraction of sp³-hybridized carbons (Fsp3) is 0.538. The molecule has 0 bridgehead atoms. The van der Waals surface area contributed by atoms with Crippen LogP contribution < -0.4 is 5.32 Å². The van der Waals surface area contributed by atoms with Gasteiger partial charge in [0.2, 0.25) is 0 Å². The van der Waals surface area contributed by atoms with Gasteiger partial charge in [0.05, 0.1) is 4.90 Å². The van der Waals surface area contributed by atoms with Crippen molar-refractivity contribution in [3.8, 4) is 0 Å². The smallest absolute Gasteiger partial charge is 0.175 e. The van der Waals surface area contributed by atoms with Gasteiger partial charge in [-0.1, -0.05) is 24.6 Å². The molecule has 4 nitrogen and oxygen atoms in total. The maximum absolute atomic E-state index is 11.7. The average Bonchev–Trinajstić information content (AvgIpc) is 2.34. The van der Waals surface area contributed by atoms with E-state index in [1.807, 2.05) is 7.05 Å². The number of hydrogen-bond donors (Lipinski definition) is 1. The Labute approximate surface area is 120 Å². The molecule has 1 N–H and O–H groups in total. The summed E-state index contributed by atoms with van der Waals surface area (Å²) in [5.41, 5.74) is 0.644. The van der Waals surface area contributed by atoms with Crippen LogP contribution in [0.3, 0.4) is 0 Å². The quantitative estimate of drug-likeness (QED) is 0.780. The minimum Gasteiger partial charge on any atom is -0.311 e. The van der Waals surface area contributed by atoms with Crippen molar-refractivity contribution in [3.05, 3.63) is 28.8 Å². The summed E-state index contributed by atoms with van der Waals surface area (Å²) in [7, 11) is -1.21. The van der Waals surface area contributed by atoms with Crippen molar-refractivity contribution < 1.29 is 8.42 Å². The zero-order chi connectivity index (χ0) is 14.5. The van der Waals surface area contributed by atoms with Gasteiger partial charge in [-0.25, -0.2) is 8.42 Å². The third-order valence-corrected chi connectivity index (χ3v) is 4.52. The van der Waals surface area contributed by atoms with Crippen molar-refractivity contribution in [3.63, 3.8) is 0 Å². The van der Waals surface area contributed by atoms with E-state index in [0.29, 0.717) is 22.0 Å². The Hall–Kier alpha value is -0.620. The highest BCUT2D eigenvalue weighted by atomic mass is 35.5. The molecule has 0 saturated heterocycles. The number of rotatable bonds is 7. The van der Waals surface area contributed by atoms with E-state index in [2.05, 4.69) is 17.1 Å². The fourth-order valence-electron chi connectivity index (χ4n) is 1.70. The van der Waals surface area contributed by atoms with Gasteiger partial charge in [-0.3, -0.25) is 0 Å². The number of nitrogens with zero attached hydrogens (tertiary/aromatic N) is 1. The Morgan fingerprint density at radius 3 is 2.63 bits per heavy atom. The summed E-state index contributed by atoms with van der Waals surface area (Å²) in [6.07, 6.45) is 1.20. The molecule has 0 unspecified atom stereocenters. The number of sulfone groups is 1. The molecule has 0 aromatic heterocycles. The standard InChI is InChI=1S/C13H21ClN2O2S/c1-4-16(2)9-8-15-10-11-12(14)6-5-7-13(11)19(3,17)18/h5-7,15H,4,8-10H2,1-3H3. The van der Waals surface area contributed by atoms with E-state index in [0.717, 1.165) is 19.6 Å². The molecule has 0 amide bonds. The lowest BCUT2D eigenvalue weighted by Crippen LogP contribution is -2.29. The molecule has 0 fully saturated rings. The van der Waals surface area contributed by atoms with Crippen LogP contribution in [0, 0.1) is 0 Å². The lowest BCUT2D eigenvalue weighted by atomic mass is 10.2. The molecule has 1 aromatic carbocycles. The van der Waals surface area contributed by atoms with Crippen LogP contribution in [0.15, 0.2) is 23.1 Å². The first-order valence-electron chi connectivity index (χ1n) is 6.23. The summed E-state index contributed by atoms with van der Waals surface area (Å²) < 4.78 is 23.4. The minimum absolute atomic E-state index is 0.302. The van der Waals surface area contributed by atoms with Gasteiger partial charge >= 0.3 is 0 Å². The van der Waals surface area contributed by atoms with Gasteiger partial charge in [0.1, 0.15) is 0 Å². The molecule has 0 atom stereocenters. The summed E-state index contributed by atoms with van der Waals surface area (Å²) in [6, 6.07) is 4.97. The molecule has 0 aliphatic carbocycles. The molecule has 0 aliphatic heterocycles. The molecule has 0 aliphatic rings. The predicted octanol–water partition coefficient (Wildman–Crippen LogP) is 1.78. The first-order chi connectivity index (χ1) is 8.86. The van der Waals surface area contributed by atoms with Gasteiger partial charge in [0, 0.05) is 36.5 Å². The highest BCUT2D eigenvalue weighted by Crippen LogP contribution is 2.23. The second-order valence-corrected chi connectivity index (χ2v) is 6.95. The zero-order valence-electron chi connectivity index (χ0n) is 11.6. The Kier molecular flexibility index (Phi) is 6.26. The summed E-state index contributed by atoms with van der Waals surface area (Å²) in [5.74, 6) is 0. The number of halogens is 1. The largest absolute Gasteiger partial charge is 0.311 e. The minimum atomic E-state index is -3.25. The van der Waals surface area contributed by atoms with E-state index in [-0.39, 0.29) is 0 Å². The van der Waals surface area contributed by atoms with Crippen LogP contribution >= 0.6 is 11.6 Å². The van der Waals surface area contributed by atoms with Crippen LogP contribution in [0.5, 0.6) is 0 Å². The van der Waals surface area contributed by atoms with Crippen LogP contribution in [0.4, 0.5) is 0 Å². The van der Waals surface area contributed by atoms with Crippen molar-refractivity contribution in [2.24, 2.45) is 0 Å². The van der Waals surface area contributed by atoms with Gasteiger partial charge in [-0.2, -0.15) is 0 Å². The molecule has 0 heterocycles. The summed E-state index contributed by atoms with van der Waals surface area (Å²) >= 11 is 6.09. The molecular weight excluding hydrogens is 284 g/mol. The normalized spacial score (nSPS) is 12.1. The Balaban J connectivity index is 2.73. The lowest BCUT2D eigenvalue weighted by molar-refractivity contribution is 0.348. The van der Waals surface area contributed by atoms with E-state index in [4.69, 9.17) is 11.6 Å². The number of hydrogen-bond acceptors (Lipinski definition) is 4. The zero-order valence-corrected chi connectivity index (χ0v) is 13.2. The van der Waals surface area contributed by atoms with E-state index in [9.17, 15) is 8.42 Å². The number of nitrogens with one attached hydrogen (secondary N) is 1. The molecule has 19 heavy (non-hydrogen) atoms. The fourth-order valence-corrected chi connectivity index (χ4v) is 2.95. The second-order valence-electron chi connectivity index (χ2n) is 4.56. The van der Waals surface area contributed by atoms with Crippen molar-refractivity contribution in [2.75, 3.05) is 32.9 Å². The maximum atomic E-state index is 11.7. The Morgan fingerprint density at radius 2 is 2.05 bits per heavy atom. The monoisotopic (exact) mass is 304 g/mol. The van der Waals surface area contributed by atoms with Gasteiger partial charge in [0.15, 0.2) is 9.84 Å². The van der Waals surface area contributed by atoms with Crippen molar-refractivity contribution in [1.29, 1.82) is 0 Å². The molecule has 0 spiro atoms. The molecule has 0 saturated carbocycles. The molecule has 108 valence electrons. The van der Waals surface area contributed by atoms with E-state index in [1.54, 1.807) is 18.2 Å². The van der Waals surface area contributed by atoms with Crippen molar-refractivity contribution in [1.82, 2.24) is 10.2 Å². The van der Waals surface area contributed by atoms with Gasteiger partial charge in [-0.05, 0) is 25.7 Å². The van der Waals surface area contributed by atoms with E-state index >= 15 is 0 Å². The van der Waals surface area contributed by atoms with Gasteiger partial charge < -0.3 is 10.2 Å². The SMILES string of the molecule is CCN(C)CCNCc1c(Cl)cccc1S(C)(=O)=O. The Bertz CT molecular complexity index is 517. The molecule has 0 radical (unpaired) electrons. The van der Waals surface area contributed by atoms with Crippen LogP contribution in [0.2, 0.25) is 5.02 Å². The summed E-state index contributed by atoms with van der Waals surface area (Å²) in [5, 5.41) is 3.72. The third kappa shape index (κ3) is 5.10. The summed E-state index contributed by atoms with van der Waals surface area (Å²) in [6.45, 7) is 5.24. The summed E-state index contributed by atoms with van der Waals surface area (Å²) in [4.78, 5) is 2.48. The van der Waals surface area contributed by atoms with Crippen LogP contribution in [-0.2, 0) is 16.4 Å². The van der Waals surface area contributed by atoms with Crippen molar-refractivity contribution >= 4 is 21.4 Å². The van der Waals surface area contributed by atoms with E-state index in [1.165, 1.54) is 6.26 Å². The number of likely N-dealkylation sites (N-methyl/N-ethyl adjacent to an activating group) is 1. The highest BCUT2D eigenvalue weighted by molar-refractivity contribution is 7.90. The maximum Gasteiger partial charge on any atom is 0.175 e. The third-order valence-electron chi connectivity index (χ3n) is 2.99. The van der Waals surface area contributed by atoms with Crippen LogP contribution in [-0.4, -0.2) is 46.3 Å². The van der Waals surface area contributed by atoms with Gasteiger partial charge in [-0.15, -0.1) is 0 Å². The van der Waals surface area contributed by atoms with Crippen LogP contribution in [0.1, 0.15) is 12.5 Å². The molecule has 1 aromatic rings. The lowest BCUT2D eigenvalue weighted by Gasteiger charge is -2.15. The van der Waals surface area contributed by atoms with Crippen molar-refractivity contribution in [2.45, 2.75) is 18.4 Å². The highest BCUT2D eigenvalue weighted by Gasteiger charge is 2.15. The molecular formula is C13H21ClN2O2S. The van der Waals surface area contributed by atoms with Gasteiger partial charge in [0.25, 0.3) is 0 Å². The Morgan fingerprint density at radius 1 is 1.37 bits per heavy atom. The first kappa shape index (κ1) is 16.4. The van der Waals surface area contributed by atoms with E-state index < -0.39 is 9.84 Å². The molecule has 6 heteroatoms. The topological polar surface area (TPSA) is 49.4 Å². The first-order valence-corrected chi connectivity index (χ1v) is 8.50. The average molecular weight is 305 g/mol. The van der Waals surface area contributed by atoms with Crippen LogP contribution in [0.25, 0.3) is 0 Å².